The van der Waals surface area contributed by atoms with Crippen molar-refractivity contribution in [2.75, 3.05) is 7.05 Å². The van der Waals surface area contributed by atoms with E-state index >= 15 is 0 Å². The van der Waals surface area contributed by atoms with Crippen molar-refractivity contribution in [2.45, 2.75) is 70.0 Å². The van der Waals surface area contributed by atoms with Crippen molar-refractivity contribution >= 4 is 5.91 Å². The van der Waals surface area contributed by atoms with E-state index in [0.717, 1.165) is 0 Å². The maximum atomic E-state index is 12.0. The van der Waals surface area contributed by atoms with Gasteiger partial charge in [0, 0.05) is 7.05 Å². The van der Waals surface area contributed by atoms with Crippen LogP contribution in [-0.2, 0) is 28.5 Å². The molecule has 0 unspecified atom stereocenters. The van der Waals surface area contributed by atoms with E-state index in [1.807, 2.05) is 13.8 Å². The highest BCUT2D eigenvalue weighted by atomic mass is 16.9. The topological polar surface area (TPSA) is 75.3 Å². The fourth-order valence-corrected chi connectivity index (χ4v) is 2.97. The van der Waals surface area contributed by atoms with Crippen LogP contribution in [0.5, 0.6) is 0 Å². The van der Waals surface area contributed by atoms with Crippen LogP contribution in [0, 0.1) is 0 Å². The van der Waals surface area contributed by atoms with Gasteiger partial charge in [0.05, 0.1) is 0 Å². The molecule has 5 atom stereocenters. The van der Waals surface area contributed by atoms with E-state index in [-0.39, 0.29) is 5.91 Å². The van der Waals surface area contributed by atoms with E-state index in [2.05, 4.69) is 5.32 Å². The summed E-state index contributed by atoms with van der Waals surface area (Å²) in [7, 11) is 1.56. The summed E-state index contributed by atoms with van der Waals surface area (Å²) < 4.78 is 29.0. The van der Waals surface area contributed by atoms with Gasteiger partial charge in [-0.15, -0.1) is 0 Å². The molecule has 0 spiro atoms. The minimum absolute atomic E-state index is 0.256. The number of likely N-dealkylation sites (N-methyl/N-ethyl adjacent to an activating group) is 1. The molecule has 20 heavy (non-hydrogen) atoms. The predicted molar refractivity (Wildman–Crippen MR) is 66.6 cm³/mol. The number of fused-ring (bicyclic) bond motifs is 3. The Kier molecular flexibility index (Phi) is 3.11. The van der Waals surface area contributed by atoms with E-state index in [1.54, 1.807) is 20.9 Å². The first-order valence-corrected chi connectivity index (χ1v) is 6.81. The van der Waals surface area contributed by atoms with E-state index in [9.17, 15) is 4.79 Å². The Hall–Kier alpha value is -0.730. The van der Waals surface area contributed by atoms with Crippen LogP contribution in [0.1, 0.15) is 27.7 Å². The molecule has 0 radical (unpaired) electrons. The van der Waals surface area contributed by atoms with E-state index in [1.165, 1.54) is 0 Å². The molecule has 0 saturated carbocycles. The van der Waals surface area contributed by atoms with Crippen molar-refractivity contribution in [1.29, 1.82) is 0 Å². The first-order valence-electron chi connectivity index (χ1n) is 6.81. The van der Waals surface area contributed by atoms with Gasteiger partial charge >= 0.3 is 0 Å². The lowest BCUT2D eigenvalue weighted by Crippen LogP contribution is -2.59. The number of amides is 1. The average Bonchev–Trinajstić information content (AvgIpc) is 2.81. The fraction of sp³-hybridized carbons (Fsp3) is 0.923. The zero-order valence-corrected chi connectivity index (χ0v) is 12.3. The number of carbonyl (C=O) groups is 1. The smallest absolute Gasteiger partial charge is 0.251 e. The summed E-state index contributed by atoms with van der Waals surface area (Å²) in [5.74, 6) is -1.81. The third-order valence-electron chi connectivity index (χ3n) is 3.66. The number of rotatable bonds is 1. The molecule has 3 saturated heterocycles. The summed E-state index contributed by atoms with van der Waals surface area (Å²) in [5.41, 5.74) is 0. The second-order valence-electron chi connectivity index (χ2n) is 6.20. The van der Waals surface area contributed by atoms with E-state index in [0.29, 0.717) is 0 Å². The van der Waals surface area contributed by atoms with Gasteiger partial charge in [0.1, 0.15) is 18.3 Å². The highest BCUT2D eigenvalue weighted by Crippen LogP contribution is 2.44. The Balaban J connectivity index is 1.90. The molecule has 7 nitrogen and oxygen atoms in total. The molecule has 3 heterocycles. The van der Waals surface area contributed by atoms with Crippen LogP contribution < -0.4 is 5.32 Å². The standard InChI is InChI=1S/C13H21NO6/c1-12(2)17-6-7(18-12)9-11(20-13(3,4)19-9)16-8(6)10(15)14-5/h6-9,11H,1-5H3,(H,14,15)/t6-,7-,8+,9+,11+/m0/s1. The van der Waals surface area contributed by atoms with Gasteiger partial charge in [0.2, 0.25) is 0 Å². The van der Waals surface area contributed by atoms with Crippen LogP contribution >= 0.6 is 0 Å². The lowest BCUT2D eigenvalue weighted by Gasteiger charge is -2.36. The van der Waals surface area contributed by atoms with Crippen molar-refractivity contribution in [1.82, 2.24) is 5.32 Å². The van der Waals surface area contributed by atoms with Crippen molar-refractivity contribution in [3.05, 3.63) is 0 Å². The van der Waals surface area contributed by atoms with Crippen molar-refractivity contribution < 1.29 is 28.5 Å². The van der Waals surface area contributed by atoms with Gasteiger partial charge in [-0.25, -0.2) is 0 Å². The molecule has 0 bridgehead atoms. The van der Waals surface area contributed by atoms with Crippen molar-refractivity contribution in [3.8, 4) is 0 Å². The monoisotopic (exact) mass is 287 g/mol. The first kappa shape index (κ1) is 14.2. The van der Waals surface area contributed by atoms with Crippen LogP contribution in [-0.4, -0.2) is 55.2 Å². The molecule has 0 aromatic rings. The second kappa shape index (κ2) is 4.38. The number of hydrogen-bond donors (Lipinski definition) is 1. The maximum absolute atomic E-state index is 12.0. The van der Waals surface area contributed by atoms with Gasteiger partial charge in [-0.3, -0.25) is 4.79 Å². The summed E-state index contributed by atoms with van der Waals surface area (Å²) >= 11 is 0. The molecule has 0 aliphatic carbocycles. The Bertz CT molecular complexity index is 423. The summed E-state index contributed by atoms with van der Waals surface area (Å²) in [4.78, 5) is 12.0. The maximum Gasteiger partial charge on any atom is 0.251 e. The predicted octanol–water partition coefficient (Wildman–Crippen LogP) is 0.129. The quantitative estimate of drug-likeness (QED) is 0.739. The first-order chi connectivity index (χ1) is 9.22. The molecule has 7 heteroatoms. The molecule has 1 N–H and O–H groups in total. The van der Waals surface area contributed by atoms with Gasteiger partial charge in [-0.2, -0.15) is 0 Å². The van der Waals surface area contributed by atoms with E-state index < -0.39 is 42.3 Å². The lowest BCUT2D eigenvalue weighted by molar-refractivity contribution is -0.231. The molecule has 114 valence electrons. The van der Waals surface area contributed by atoms with E-state index in [4.69, 9.17) is 23.7 Å². The van der Waals surface area contributed by atoms with Gasteiger partial charge < -0.3 is 29.0 Å². The number of nitrogens with one attached hydrogen (secondary N) is 1. The fourth-order valence-electron chi connectivity index (χ4n) is 2.97. The molecule has 1 amide bonds. The third kappa shape index (κ3) is 2.23. The highest BCUT2D eigenvalue weighted by molar-refractivity contribution is 5.81. The number of hydrogen-bond acceptors (Lipinski definition) is 6. The third-order valence-corrected chi connectivity index (χ3v) is 3.66. The van der Waals surface area contributed by atoms with Crippen LogP contribution in [0.2, 0.25) is 0 Å². The Morgan fingerprint density at radius 2 is 1.45 bits per heavy atom. The number of ether oxygens (including phenoxy) is 5. The summed E-state index contributed by atoms with van der Waals surface area (Å²) in [6.45, 7) is 7.23. The Labute approximate surface area is 117 Å². The van der Waals surface area contributed by atoms with Crippen molar-refractivity contribution in [3.63, 3.8) is 0 Å². The van der Waals surface area contributed by atoms with Gasteiger partial charge in [-0.05, 0) is 27.7 Å². The molecule has 3 rings (SSSR count). The molecule has 3 aliphatic rings. The summed E-state index contributed by atoms with van der Waals surface area (Å²) in [6.07, 6.45) is -2.72. The molecular formula is C13H21NO6. The van der Waals surface area contributed by atoms with Gasteiger partial charge in [0.15, 0.2) is 24.0 Å². The van der Waals surface area contributed by atoms with Crippen molar-refractivity contribution in [2.24, 2.45) is 0 Å². The molecule has 0 aromatic heterocycles. The van der Waals surface area contributed by atoms with Crippen LogP contribution in [0.15, 0.2) is 0 Å². The van der Waals surface area contributed by atoms with Crippen LogP contribution in [0.25, 0.3) is 0 Å². The highest BCUT2D eigenvalue weighted by Gasteiger charge is 2.61. The zero-order valence-electron chi connectivity index (χ0n) is 12.3. The second-order valence-corrected chi connectivity index (χ2v) is 6.20. The van der Waals surface area contributed by atoms with Gasteiger partial charge in [-0.1, -0.05) is 0 Å². The summed E-state index contributed by atoms with van der Waals surface area (Å²) in [6, 6.07) is 0. The normalized spacial score (nSPS) is 44.8. The minimum atomic E-state index is -0.782. The van der Waals surface area contributed by atoms with Gasteiger partial charge in [0.25, 0.3) is 5.91 Å². The number of carbonyl (C=O) groups excluding carboxylic acids is 1. The molecular weight excluding hydrogens is 266 g/mol. The molecule has 3 fully saturated rings. The lowest BCUT2D eigenvalue weighted by atomic mass is 9.98. The molecule has 0 aromatic carbocycles. The SMILES string of the molecule is CNC(=O)[C@@H]1O[C@@H]2OC(C)(C)O[C@@H]2[C@H]2OC(C)(C)O[C@@H]21. The van der Waals surface area contributed by atoms with Crippen LogP contribution in [0.4, 0.5) is 0 Å². The Morgan fingerprint density at radius 3 is 2.10 bits per heavy atom. The summed E-state index contributed by atoms with van der Waals surface area (Å²) in [5, 5.41) is 2.58. The Morgan fingerprint density at radius 1 is 0.900 bits per heavy atom. The zero-order chi connectivity index (χ0) is 14.7. The largest absolute Gasteiger partial charge is 0.357 e. The minimum Gasteiger partial charge on any atom is -0.357 e. The van der Waals surface area contributed by atoms with Crippen LogP contribution in [0.3, 0.4) is 0 Å². The molecule has 3 aliphatic heterocycles. The average molecular weight is 287 g/mol.